The second kappa shape index (κ2) is 3.92. The summed E-state index contributed by atoms with van der Waals surface area (Å²) in [6.45, 7) is 3.18. The van der Waals surface area contributed by atoms with Gasteiger partial charge in [-0.25, -0.2) is 0 Å². The van der Waals surface area contributed by atoms with E-state index < -0.39 is 0 Å². The van der Waals surface area contributed by atoms with Gasteiger partial charge in [-0.2, -0.15) is 4.52 Å². The van der Waals surface area contributed by atoms with Crippen molar-refractivity contribution in [1.29, 1.82) is 0 Å². The van der Waals surface area contributed by atoms with Gasteiger partial charge in [0.05, 0.1) is 25.0 Å². The van der Waals surface area contributed by atoms with Crippen molar-refractivity contribution in [3.63, 3.8) is 0 Å². The van der Waals surface area contributed by atoms with Crippen LogP contribution in [0.3, 0.4) is 0 Å². The number of aliphatic hydroxyl groups excluding tert-OH is 1. The summed E-state index contributed by atoms with van der Waals surface area (Å²) < 4.78 is 1.66. The number of hydrogen-bond donors (Lipinski definition) is 1. The molecule has 0 spiro atoms. The smallest absolute Gasteiger partial charge is 0.199 e. The van der Waals surface area contributed by atoms with Crippen LogP contribution < -0.4 is 4.90 Å². The molecule has 2 aromatic heterocycles. The van der Waals surface area contributed by atoms with Crippen LogP contribution >= 0.6 is 0 Å². The average Bonchev–Trinajstić information content (AvgIpc) is 2.94. The van der Waals surface area contributed by atoms with Crippen molar-refractivity contribution >= 4 is 11.5 Å². The largest absolute Gasteiger partial charge is 0.394 e. The first-order chi connectivity index (χ1) is 8.31. The molecule has 0 saturated carbocycles. The van der Waals surface area contributed by atoms with Gasteiger partial charge in [0.2, 0.25) is 0 Å². The van der Waals surface area contributed by atoms with Crippen LogP contribution in [0.5, 0.6) is 0 Å². The van der Waals surface area contributed by atoms with Gasteiger partial charge in [0.1, 0.15) is 0 Å². The first-order valence-corrected chi connectivity index (χ1v) is 5.71. The summed E-state index contributed by atoms with van der Waals surface area (Å²) in [6.07, 6.45) is 4.42. The molecule has 7 nitrogen and oxygen atoms in total. The van der Waals surface area contributed by atoms with E-state index in [1.54, 1.807) is 16.9 Å². The average molecular weight is 234 g/mol. The van der Waals surface area contributed by atoms with Crippen molar-refractivity contribution < 1.29 is 5.11 Å². The summed E-state index contributed by atoms with van der Waals surface area (Å²) >= 11 is 0. The topological polar surface area (TPSA) is 79.4 Å². The van der Waals surface area contributed by atoms with Gasteiger partial charge in [-0.15, -0.1) is 5.10 Å². The zero-order valence-corrected chi connectivity index (χ0v) is 9.56. The van der Waals surface area contributed by atoms with Gasteiger partial charge in [-0.1, -0.05) is 6.92 Å². The van der Waals surface area contributed by atoms with E-state index in [4.69, 9.17) is 0 Å². The Bertz CT molecular complexity index is 526. The lowest BCUT2D eigenvalue weighted by Crippen LogP contribution is -2.36. The highest BCUT2D eigenvalue weighted by Gasteiger charge is 2.32. The summed E-state index contributed by atoms with van der Waals surface area (Å²) in [4.78, 5) is 6.26. The molecule has 1 aliphatic heterocycles. The first-order valence-electron chi connectivity index (χ1n) is 5.71. The van der Waals surface area contributed by atoms with Crippen LogP contribution in [0.25, 0.3) is 5.65 Å². The van der Waals surface area contributed by atoms with Crippen LogP contribution in [0.2, 0.25) is 0 Å². The van der Waals surface area contributed by atoms with E-state index in [0.29, 0.717) is 11.6 Å². The summed E-state index contributed by atoms with van der Waals surface area (Å²) in [5.74, 6) is 1.31. The van der Waals surface area contributed by atoms with Gasteiger partial charge in [-0.05, 0) is 22.8 Å². The molecular formula is C10H14N6O. The van der Waals surface area contributed by atoms with Crippen LogP contribution in [-0.4, -0.2) is 49.3 Å². The SMILES string of the molecule is CC1CCN(c2cncc3nnnn23)C1CO. The highest BCUT2D eigenvalue weighted by Crippen LogP contribution is 2.28. The second-order valence-electron chi connectivity index (χ2n) is 4.42. The normalized spacial score (nSPS) is 24.7. The maximum Gasteiger partial charge on any atom is 0.199 e. The number of aromatic nitrogens is 5. The molecule has 0 aliphatic carbocycles. The maximum atomic E-state index is 9.47. The molecule has 0 bridgehead atoms. The molecule has 17 heavy (non-hydrogen) atoms. The summed E-state index contributed by atoms with van der Waals surface area (Å²) in [5.41, 5.74) is 0.624. The van der Waals surface area contributed by atoms with Crippen molar-refractivity contribution in [3.05, 3.63) is 12.4 Å². The Labute approximate surface area is 98.1 Å². The van der Waals surface area contributed by atoms with Crippen LogP contribution in [0.1, 0.15) is 13.3 Å². The minimum atomic E-state index is 0.117. The first kappa shape index (κ1) is 10.4. The Morgan fingerprint density at radius 2 is 2.35 bits per heavy atom. The molecule has 1 saturated heterocycles. The number of nitrogens with zero attached hydrogens (tertiary/aromatic N) is 6. The molecule has 0 radical (unpaired) electrons. The molecular weight excluding hydrogens is 220 g/mol. The Hall–Kier alpha value is -1.76. The molecule has 2 aromatic rings. The van der Waals surface area contributed by atoms with Gasteiger partial charge >= 0.3 is 0 Å². The predicted molar refractivity (Wildman–Crippen MR) is 60.6 cm³/mol. The molecule has 3 rings (SSSR count). The van der Waals surface area contributed by atoms with Crippen LogP contribution in [0, 0.1) is 5.92 Å². The minimum Gasteiger partial charge on any atom is -0.394 e. The third-order valence-electron chi connectivity index (χ3n) is 3.45. The summed E-state index contributed by atoms with van der Waals surface area (Å²) in [7, 11) is 0. The third kappa shape index (κ3) is 1.54. The number of rotatable bonds is 2. The molecule has 0 amide bonds. The Morgan fingerprint density at radius 3 is 3.18 bits per heavy atom. The second-order valence-corrected chi connectivity index (χ2v) is 4.42. The van der Waals surface area contributed by atoms with Crippen molar-refractivity contribution in [3.8, 4) is 0 Å². The zero-order chi connectivity index (χ0) is 11.8. The number of hydrogen-bond acceptors (Lipinski definition) is 6. The molecule has 90 valence electrons. The standard InChI is InChI=1S/C10H14N6O/c1-7-2-3-15(8(7)6-17)10-5-11-4-9-12-13-14-16(9)10/h4-5,7-8,17H,2-3,6H2,1H3. The Balaban J connectivity index is 2.06. The van der Waals surface area contributed by atoms with Gasteiger partial charge in [0.25, 0.3) is 0 Å². The van der Waals surface area contributed by atoms with E-state index >= 15 is 0 Å². The molecule has 1 N–H and O–H groups in total. The van der Waals surface area contributed by atoms with E-state index in [9.17, 15) is 5.11 Å². The van der Waals surface area contributed by atoms with E-state index in [0.717, 1.165) is 18.8 Å². The lowest BCUT2D eigenvalue weighted by Gasteiger charge is -2.26. The van der Waals surface area contributed by atoms with E-state index in [1.807, 2.05) is 0 Å². The number of fused-ring (bicyclic) bond motifs is 1. The highest BCUT2D eigenvalue weighted by atomic mass is 16.3. The minimum absolute atomic E-state index is 0.117. The molecule has 2 atom stereocenters. The summed E-state index contributed by atoms with van der Waals surface area (Å²) in [6, 6.07) is 0.117. The fourth-order valence-electron chi connectivity index (χ4n) is 2.43. The van der Waals surface area contributed by atoms with Crippen molar-refractivity contribution in [2.75, 3.05) is 18.1 Å². The van der Waals surface area contributed by atoms with Gasteiger partial charge in [-0.3, -0.25) is 4.98 Å². The van der Waals surface area contributed by atoms with Gasteiger partial charge < -0.3 is 10.0 Å². The number of tetrazole rings is 1. The molecule has 7 heteroatoms. The third-order valence-corrected chi connectivity index (χ3v) is 3.45. The number of aliphatic hydroxyl groups is 1. The lowest BCUT2D eigenvalue weighted by atomic mass is 10.0. The van der Waals surface area contributed by atoms with Crippen LogP contribution in [0.15, 0.2) is 12.4 Å². The van der Waals surface area contributed by atoms with E-state index in [1.165, 1.54) is 0 Å². The quantitative estimate of drug-likeness (QED) is 0.770. The van der Waals surface area contributed by atoms with Gasteiger partial charge in [0.15, 0.2) is 11.5 Å². The fourth-order valence-corrected chi connectivity index (χ4v) is 2.43. The van der Waals surface area contributed by atoms with Crippen molar-refractivity contribution in [2.24, 2.45) is 5.92 Å². The van der Waals surface area contributed by atoms with Crippen LogP contribution in [-0.2, 0) is 0 Å². The van der Waals surface area contributed by atoms with Gasteiger partial charge in [0, 0.05) is 6.54 Å². The molecule has 1 aliphatic rings. The maximum absolute atomic E-state index is 9.47. The van der Waals surface area contributed by atoms with Crippen LogP contribution in [0.4, 0.5) is 5.82 Å². The van der Waals surface area contributed by atoms with Crippen molar-refractivity contribution in [1.82, 2.24) is 25.0 Å². The monoisotopic (exact) mass is 234 g/mol. The molecule has 0 aromatic carbocycles. The Kier molecular flexibility index (Phi) is 2.40. The van der Waals surface area contributed by atoms with E-state index in [2.05, 4.69) is 32.3 Å². The van der Waals surface area contributed by atoms with Crippen molar-refractivity contribution in [2.45, 2.75) is 19.4 Å². The Morgan fingerprint density at radius 1 is 1.47 bits per heavy atom. The lowest BCUT2D eigenvalue weighted by molar-refractivity contribution is 0.244. The summed E-state index contributed by atoms with van der Waals surface area (Å²) in [5, 5.41) is 20.9. The molecule has 3 heterocycles. The van der Waals surface area contributed by atoms with E-state index in [-0.39, 0.29) is 12.6 Å². The fraction of sp³-hybridized carbons (Fsp3) is 0.600. The molecule has 2 unspecified atom stereocenters. The number of anilines is 1. The zero-order valence-electron chi connectivity index (χ0n) is 9.56. The predicted octanol–water partition coefficient (Wildman–Crippen LogP) is -0.274. The highest BCUT2D eigenvalue weighted by molar-refractivity contribution is 5.47. The molecule has 1 fully saturated rings.